The summed E-state index contributed by atoms with van der Waals surface area (Å²) in [6, 6.07) is 11.1. The summed E-state index contributed by atoms with van der Waals surface area (Å²) in [7, 11) is 0. The molecule has 242 valence electrons. The van der Waals surface area contributed by atoms with Crippen LogP contribution in [0.3, 0.4) is 0 Å². The van der Waals surface area contributed by atoms with Crippen LogP contribution in [0.15, 0.2) is 61.1 Å². The number of ketones is 1. The van der Waals surface area contributed by atoms with Gasteiger partial charge in [-0.25, -0.2) is 4.98 Å². The maximum Gasteiger partial charge on any atom is 0.271 e. The van der Waals surface area contributed by atoms with Crippen LogP contribution in [0.5, 0.6) is 0 Å². The molecule has 5 rings (SSSR count). The second-order valence-electron chi connectivity index (χ2n) is 12.5. The third kappa shape index (κ3) is 7.92. The van der Waals surface area contributed by atoms with Crippen molar-refractivity contribution in [3.8, 4) is 0 Å². The number of amides is 4. The molecule has 2 aliphatic rings. The minimum Gasteiger partial charge on any atom is -0.361 e. The number of likely N-dealkylation sites (tertiary alicyclic amines) is 1. The minimum atomic E-state index is -1.02. The van der Waals surface area contributed by atoms with Crippen molar-refractivity contribution in [1.29, 1.82) is 0 Å². The highest BCUT2D eigenvalue weighted by Crippen LogP contribution is 2.30. The Kier molecular flexibility index (Phi) is 10.1. The Balaban J connectivity index is 1.31. The van der Waals surface area contributed by atoms with Crippen molar-refractivity contribution in [2.75, 3.05) is 19.7 Å². The van der Waals surface area contributed by atoms with E-state index in [4.69, 9.17) is 4.74 Å². The van der Waals surface area contributed by atoms with Gasteiger partial charge in [0.2, 0.25) is 17.7 Å². The molecule has 3 heterocycles. The molecule has 2 saturated heterocycles. The molecule has 0 radical (unpaired) electrons. The lowest BCUT2D eigenvalue weighted by Gasteiger charge is -2.28. The monoisotopic (exact) mass is 628 g/mol. The highest BCUT2D eigenvalue weighted by atomic mass is 16.6. The van der Waals surface area contributed by atoms with E-state index in [2.05, 4.69) is 25.9 Å². The SMILES string of the molecule is CC(C)CC(NC(=O)[C@H](Cc1ccc2ccccc2c1)NC(=O)[C@@H]1CCCN1C(=O)CNC(=O)c1cnccn1)C(=O)[C@@]1(C)CO1. The number of benzene rings is 2. The first-order chi connectivity index (χ1) is 22.0. The fraction of sp³-hybridized carbons (Fsp3) is 0.441. The molecular formula is C34H40N6O6. The third-order valence-corrected chi connectivity index (χ3v) is 8.40. The van der Waals surface area contributed by atoms with E-state index in [0.29, 0.717) is 32.4 Å². The molecule has 4 atom stereocenters. The van der Waals surface area contributed by atoms with Crippen LogP contribution in [-0.4, -0.2) is 87.7 Å². The number of rotatable bonds is 13. The van der Waals surface area contributed by atoms with Crippen molar-refractivity contribution in [3.05, 3.63) is 72.3 Å². The normalized spacial score (nSPS) is 20.2. The van der Waals surface area contributed by atoms with Crippen LogP contribution in [0.2, 0.25) is 0 Å². The van der Waals surface area contributed by atoms with Gasteiger partial charge >= 0.3 is 0 Å². The van der Waals surface area contributed by atoms with Gasteiger partial charge in [-0.05, 0) is 48.4 Å². The van der Waals surface area contributed by atoms with Gasteiger partial charge in [0.1, 0.15) is 23.4 Å². The quantitative estimate of drug-likeness (QED) is 0.242. The average Bonchev–Trinajstić information content (AvgIpc) is 3.60. The third-order valence-electron chi connectivity index (χ3n) is 8.40. The van der Waals surface area contributed by atoms with Crippen LogP contribution in [-0.2, 0) is 30.3 Å². The van der Waals surface area contributed by atoms with Gasteiger partial charge in [-0.15, -0.1) is 0 Å². The maximum atomic E-state index is 13.9. The number of carbonyl (C=O) groups is 5. The predicted molar refractivity (Wildman–Crippen MR) is 169 cm³/mol. The number of carbonyl (C=O) groups excluding carboxylic acids is 5. The van der Waals surface area contributed by atoms with Gasteiger partial charge in [-0.3, -0.25) is 29.0 Å². The fourth-order valence-electron chi connectivity index (χ4n) is 5.78. The first-order valence-electron chi connectivity index (χ1n) is 15.6. The second-order valence-corrected chi connectivity index (χ2v) is 12.5. The van der Waals surface area contributed by atoms with Crippen molar-refractivity contribution >= 4 is 40.2 Å². The zero-order valence-corrected chi connectivity index (χ0v) is 26.3. The molecule has 1 unspecified atom stereocenters. The highest BCUT2D eigenvalue weighted by Gasteiger charge is 2.50. The van der Waals surface area contributed by atoms with Crippen LogP contribution in [0, 0.1) is 5.92 Å². The lowest BCUT2D eigenvalue weighted by Crippen LogP contribution is -2.57. The standard InChI is InChI=1S/C34H40N6O6/c1-21(2)15-25(30(42)34(3)20-46-34)38-32(44)26(17-22-10-11-23-7-4-5-8-24(23)16-22)39-33(45)28-9-6-14-40(28)29(41)19-37-31(43)27-18-35-12-13-36-27/h4-5,7-8,10-13,16,18,21,25-26,28H,6,9,14-15,17,19-20H2,1-3H3,(H,37,43)(H,38,44)(H,39,45)/t25?,26-,28-,34+/m0/s1. The number of nitrogens with zero attached hydrogens (tertiary/aromatic N) is 3. The van der Waals surface area contributed by atoms with Crippen LogP contribution in [0.25, 0.3) is 10.8 Å². The number of hydrogen-bond donors (Lipinski definition) is 3. The largest absolute Gasteiger partial charge is 0.361 e. The number of hydrogen-bond acceptors (Lipinski definition) is 8. The molecule has 1 aromatic heterocycles. The van der Waals surface area contributed by atoms with Gasteiger partial charge in [0, 0.05) is 25.4 Å². The van der Waals surface area contributed by atoms with Gasteiger partial charge in [0.25, 0.3) is 5.91 Å². The van der Waals surface area contributed by atoms with Crippen LogP contribution < -0.4 is 16.0 Å². The van der Waals surface area contributed by atoms with Crippen LogP contribution in [0.4, 0.5) is 0 Å². The van der Waals surface area contributed by atoms with Gasteiger partial charge in [-0.1, -0.05) is 56.3 Å². The molecule has 12 nitrogen and oxygen atoms in total. The van der Waals surface area contributed by atoms with Gasteiger partial charge < -0.3 is 25.6 Å². The molecule has 4 amide bonds. The molecule has 0 spiro atoms. The van der Waals surface area contributed by atoms with Crippen molar-refractivity contribution in [1.82, 2.24) is 30.8 Å². The van der Waals surface area contributed by atoms with Gasteiger partial charge in [0.15, 0.2) is 5.78 Å². The first kappa shape index (κ1) is 32.7. The molecule has 0 saturated carbocycles. The molecule has 2 aliphatic heterocycles. The van der Waals surface area contributed by atoms with Gasteiger partial charge in [-0.2, -0.15) is 0 Å². The first-order valence-corrected chi connectivity index (χ1v) is 15.6. The number of ether oxygens (including phenoxy) is 1. The van der Waals surface area contributed by atoms with Crippen molar-refractivity contribution < 1.29 is 28.7 Å². The maximum absolute atomic E-state index is 13.9. The van der Waals surface area contributed by atoms with E-state index in [-0.39, 0.29) is 30.4 Å². The van der Waals surface area contributed by atoms with E-state index >= 15 is 0 Å². The van der Waals surface area contributed by atoms with Gasteiger partial charge in [0.05, 0.1) is 25.4 Å². The Morgan fingerprint density at radius 3 is 2.48 bits per heavy atom. The summed E-state index contributed by atoms with van der Waals surface area (Å²) in [6.07, 6.45) is 5.70. The van der Waals surface area contributed by atoms with E-state index in [0.717, 1.165) is 16.3 Å². The number of Topliss-reactive ketones (excluding diaryl/α,β-unsaturated/α-hetero) is 1. The summed E-state index contributed by atoms with van der Waals surface area (Å²) >= 11 is 0. The predicted octanol–water partition coefficient (Wildman–Crippen LogP) is 1.97. The minimum absolute atomic E-state index is 0.0741. The van der Waals surface area contributed by atoms with E-state index in [1.165, 1.54) is 23.5 Å². The molecule has 0 aliphatic carbocycles. The van der Waals surface area contributed by atoms with Crippen molar-refractivity contribution in [3.63, 3.8) is 0 Å². The zero-order chi connectivity index (χ0) is 32.8. The van der Waals surface area contributed by atoms with Crippen molar-refractivity contribution in [2.45, 2.75) is 70.2 Å². The average molecular weight is 629 g/mol. The smallest absolute Gasteiger partial charge is 0.271 e. The van der Waals surface area contributed by atoms with Crippen LogP contribution in [0.1, 0.15) is 56.1 Å². The Bertz CT molecular complexity index is 1610. The molecule has 3 aromatic rings. The topological polar surface area (TPSA) is 163 Å². The Morgan fingerprint density at radius 1 is 1.02 bits per heavy atom. The number of aromatic nitrogens is 2. The molecule has 0 bridgehead atoms. The Hall–Kier alpha value is -4.71. The lowest BCUT2D eigenvalue weighted by atomic mass is 9.93. The molecular weight excluding hydrogens is 588 g/mol. The van der Waals surface area contributed by atoms with E-state index < -0.39 is 47.4 Å². The molecule has 12 heteroatoms. The Morgan fingerprint density at radius 2 is 1.78 bits per heavy atom. The summed E-state index contributed by atoms with van der Waals surface area (Å²) in [5.74, 6) is -2.01. The molecule has 46 heavy (non-hydrogen) atoms. The fourth-order valence-corrected chi connectivity index (χ4v) is 5.78. The Labute approximate surface area is 267 Å². The second kappa shape index (κ2) is 14.2. The lowest BCUT2D eigenvalue weighted by molar-refractivity contribution is -0.139. The highest BCUT2D eigenvalue weighted by molar-refractivity contribution is 5.99. The summed E-state index contributed by atoms with van der Waals surface area (Å²) in [5, 5.41) is 10.4. The molecule has 2 fully saturated rings. The molecule has 3 N–H and O–H groups in total. The summed E-state index contributed by atoms with van der Waals surface area (Å²) in [4.78, 5) is 75.6. The zero-order valence-electron chi connectivity index (χ0n) is 26.3. The summed E-state index contributed by atoms with van der Waals surface area (Å²) < 4.78 is 5.38. The van der Waals surface area contributed by atoms with E-state index in [1.54, 1.807) is 6.92 Å². The number of nitrogens with one attached hydrogen (secondary N) is 3. The summed E-state index contributed by atoms with van der Waals surface area (Å²) in [5.41, 5.74) is -0.0172. The van der Waals surface area contributed by atoms with Crippen LogP contribution >= 0.6 is 0 Å². The number of epoxide rings is 1. The van der Waals surface area contributed by atoms with E-state index in [1.807, 2.05) is 56.3 Å². The number of fused-ring (bicyclic) bond motifs is 1. The van der Waals surface area contributed by atoms with Crippen molar-refractivity contribution in [2.24, 2.45) is 5.92 Å². The summed E-state index contributed by atoms with van der Waals surface area (Å²) in [6.45, 7) is 5.97. The van der Waals surface area contributed by atoms with E-state index in [9.17, 15) is 24.0 Å². The molecule has 2 aromatic carbocycles.